The Kier molecular flexibility index (Phi) is 4.73. The molecule has 2 aromatic heterocycles. The van der Waals surface area contributed by atoms with Crippen molar-refractivity contribution in [1.29, 1.82) is 0 Å². The summed E-state index contributed by atoms with van der Waals surface area (Å²) >= 11 is 1.35. The van der Waals surface area contributed by atoms with E-state index in [9.17, 15) is 4.79 Å². The second kappa shape index (κ2) is 7.32. The van der Waals surface area contributed by atoms with Crippen molar-refractivity contribution in [1.82, 2.24) is 14.6 Å². The molecule has 2 heterocycles. The highest BCUT2D eigenvalue weighted by molar-refractivity contribution is 7.15. The Labute approximate surface area is 160 Å². The van der Waals surface area contributed by atoms with Gasteiger partial charge in [0.05, 0.1) is 11.1 Å². The third-order valence-electron chi connectivity index (χ3n) is 4.22. The van der Waals surface area contributed by atoms with Gasteiger partial charge in [-0.25, -0.2) is 0 Å². The summed E-state index contributed by atoms with van der Waals surface area (Å²) in [6.45, 7) is 4.78. The smallest absolute Gasteiger partial charge is 0.291 e. The molecule has 0 saturated carbocycles. The van der Waals surface area contributed by atoms with Crippen LogP contribution in [0.15, 0.2) is 53.3 Å². The number of rotatable bonds is 5. The maximum absolute atomic E-state index is 12.7. The monoisotopic (exact) mass is 377 g/mol. The molecule has 27 heavy (non-hydrogen) atoms. The highest BCUT2D eigenvalue weighted by Crippen LogP contribution is 2.20. The minimum atomic E-state index is -0.145. The van der Waals surface area contributed by atoms with E-state index in [-0.39, 0.29) is 5.56 Å². The van der Waals surface area contributed by atoms with Gasteiger partial charge in [-0.1, -0.05) is 54.7 Å². The molecule has 0 fully saturated rings. The summed E-state index contributed by atoms with van der Waals surface area (Å²) in [4.78, 5) is 17.8. The van der Waals surface area contributed by atoms with Gasteiger partial charge in [0.1, 0.15) is 5.75 Å². The summed E-state index contributed by atoms with van der Waals surface area (Å²) in [5.41, 5.74) is 2.83. The van der Waals surface area contributed by atoms with E-state index < -0.39 is 0 Å². The van der Waals surface area contributed by atoms with Crippen molar-refractivity contribution in [2.75, 3.05) is 6.61 Å². The quantitative estimate of drug-likeness (QED) is 0.534. The van der Waals surface area contributed by atoms with Crippen LogP contribution >= 0.6 is 11.3 Å². The largest absolute Gasteiger partial charge is 0.494 e. The zero-order valence-electron chi connectivity index (χ0n) is 15.2. The molecular formula is C21H19N3O2S. The van der Waals surface area contributed by atoms with Crippen LogP contribution in [0, 0.1) is 6.92 Å². The summed E-state index contributed by atoms with van der Waals surface area (Å²) in [7, 11) is 0. The van der Waals surface area contributed by atoms with Gasteiger partial charge in [-0.05, 0) is 42.7 Å². The van der Waals surface area contributed by atoms with Crippen LogP contribution in [0.3, 0.4) is 0 Å². The van der Waals surface area contributed by atoms with Gasteiger partial charge in [-0.2, -0.15) is 9.50 Å². The van der Waals surface area contributed by atoms with E-state index >= 15 is 0 Å². The minimum absolute atomic E-state index is 0.145. The molecule has 0 aliphatic carbocycles. The fourth-order valence-corrected chi connectivity index (χ4v) is 3.71. The summed E-state index contributed by atoms with van der Waals surface area (Å²) in [6.07, 6.45) is 2.83. The predicted octanol–water partition coefficient (Wildman–Crippen LogP) is 3.46. The Bertz CT molecular complexity index is 1190. The van der Waals surface area contributed by atoms with E-state index in [1.165, 1.54) is 15.9 Å². The van der Waals surface area contributed by atoms with Crippen molar-refractivity contribution in [3.63, 3.8) is 0 Å². The van der Waals surface area contributed by atoms with E-state index in [2.05, 4.69) is 17.0 Å². The van der Waals surface area contributed by atoms with Crippen molar-refractivity contribution in [3.05, 3.63) is 74.5 Å². The summed E-state index contributed by atoms with van der Waals surface area (Å²) in [5.74, 6) is 1.42. The van der Waals surface area contributed by atoms with Gasteiger partial charge >= 0.3 is 0 Å². The first-order valence-electron chi connectivity index (χ1n) is 8.86. The number of nitrogens with zero attached hydrogens (tertiary/aromatic N) is 3. The van der Waals surface area contributed by atoms with E-state index in [0.29, 0.717) is 21.9 Å². The zero-order chi connectivity index (χ0) is 18.8. The van der Waals surface area contributed by atoms with Crippen LogP contribution in [-0.4, -0.2) is 21.2 Å². The number of ether oxygens (including phenoxy) is 1. The Hall–Kier alpha value is -2.99. The highest BCUT2D eigenvalue weighted by atomic mass is 32.1. The number of fused-ring (bicyclic) bond motifs is 1. The Morgan fingerprint density at radius 1 is 1.15 bits per heavy atom. The Morgan fingerprint density at radius 2 is 1.93 bits per heavy atom. The number of aryl methyl sites for hydroxylation is 1. The predicted molar refractivity (Wildman–Crippen MR) is 108 cm³/mol. The van der Waals surface area contributed by atoms with Crippen molar-refractivity contribution in [3.8, 4) is 17.1 Å². The van der Waals surface area contributed by atoms with Crippen molar-refractivity contribution in [2.45, 2.75) is 20.3 Å². The molecule has 2 aromatic carbocycles. The van der Waals surface area contributed by atoms with Crippen LogP contribution in [0.5, 0.6) is 5.75 Å². The number of hydrogen-bond acceptors (Lipinski definition) is 5. The average Bonchev–Trinajstić information content (AvgIpc) is 3.21. The Balaban J connectivity index is 1.68. The molecule has 0 spiro atoms. The van der Waals surface area contributed by atoms with Gasteiger partial charge in [0, 0.05) is 5.56 Å². The summed E-state index contributed by atoms with van der Waals surface area (Å²) in [5, 5.41) is 4.42. The maximum Gasteiger partial charge on any atom is 0.291 e. The molecule has 0 amide bonds. The first-order chi connectivity index (χ1) is 13.2. The molecule has 0 aliphatic rings. The SMILES string of the molecule is CCCOc1ccc(/C=c2\sc3nc(-c4ccccc4C)nn3c2=O)cc1. The van der Waals surface area contributed by atoms with E-state index in [1.54, 1.807) is 0 Å². The maximum atomic E-state index is 12.7. The van der Waals surface area contributed by atoms with Gasteiger partial charge in [-0.15, -0.1) is 5.10 Å². The highest BCUT2D eigenvalue weighted by Gasteiger charge is 2.13. The average molecular weight is 377 g/mol. The van der Waals surface area contributed by atoms with E-state index in [4.69, 9.17) is 4.74 Å². The molecule has 4 rings (SSSR count). The lowest BCUT2D eigenvalue weighted by molar-refractivity contribution is 0.317. The van der Waals surface area contributed by atoms with Gasteiger partial charge in [-0.3, -0.25) is 4.79 Å². The standard InChI is InChI=1S/C21H19N3O2S/c1-3-12-26-16-10-8-15(9-11-16)13-18-20(25)24-21(27-18)22-19(23-24)17-7-5-4-6-14(17)2/h4-11,13H,3,12H2,1-2H3/b18-13-. The first kappa shape index (κ1) is 17.4. The molecule has 6 heteroatoms. The lowest BCUT2D eigenvalue weighted by Crippen LogP contribution is -2.23. The summed E-state index contributed by atoms with van der Waals surface area (Å²) < 4.78 is 7.59. The number of benzene rings is 2. The molecule has 0 aliphatic heterocycles. The summed E-state index contributed by atoms with van der Waals surface area (Å²) in [6, 6.07) is 15.6. The lowest BCUT2D eigenvalue weighted by Gasteiger charge is -2.03. The van der Waals surface area contributed by atoms with Crippen LogP contribution in [0.2, 0.25) is 0 Å². The molecule has 0 bridgehead atoms. The fraction of sp³-hybridized carbons (Fsp3) is 0.190. The molecule has 0 atom stereocenters. The zero-order valence-corrected chi connectivity index (χ0v) is 16.0. The lowest BCUT2D eigenvalue weighted by atomic mass is 10.1. The molecule has 0 N–H and O–H groups in total. The number of thiazole rings is 1. The number of aromatic nitrogens is 3. The van der Waals surface area contributed by atoms with Crippen molar-refractivity contribution in [2.24, 2.45) is 0 Å². The van der Waals surface area contributed by atoms with Crippen LogP contribution in [0.25, 0.3) is 22.4 Å². The molecule has 5 nitrogen and oxygen atoms in total. The van der Waals surface area contributed by atoms with Crippen LogP contribution < -0.4 is 14.8 Å². The minimum Gasteiger partial charge on any atom is -0.494 e. The molecule has 0 unspecified atom stereocenters. The van der Waals surface area contributed by atoms with Gasteiger partial charge in [0.15, 0.2) is 5.82 Å². The van der Waals surface area contributed by atoms with E-state index in [0.717, 1.165) is 28.9 Å². The molecule has 4 aromatic rings. The van der Waals surface area contributed by atoms with E-state index in [1.807, 2.05) is 61.5 Å². The first-order valence-corrected chi connectivity index (χ1v) is 9.67. The molecule has 0 saturated heterocycles. The third-order valence-corrected chi connectivity index (χ3v) is 5.18. The Morgan fingerprint density at radius 3 is 2.63 bits per heavy atom. The second-order valence-electron chi connectivity index (χ2n) is 6.28. The van der Waals surface area contributed by atoms with Gasteiger partial charge in [0.2, 0.25) is 4.96 Å². The number of hydrogen-bond donors (Lipinski definition) is 0. The third kappa shape index (κ3) is 3.48. The van der Waals surface area contributed by atoms with Crippen LogP contribution in [0.1, 0.15) is 24.5 Å². The van der Waals surface area contributed by atoms with Crippen LogP contribution in [-0.2, 0) is 0 Å². The normalized spacial score (nSPS) is 12.0. The van der Waals surface area contributed by atoms with Gasteiger partial charge < -0.3 is 4.74 Å². The molecule has 0 radical (unpaired) electrons. The molecular weight excluding hydrogens is 358 g/mol. The van der Waals surface area contributed by atoms with Crippen molar-refractivity contribution >= 4 is 22.4 Å². The van der Waals surface area contributed by atoms with Crippen molar-refractivity contribution < 1.29 is 4.74 Å². The second-order valence-corrected chi connectivity index (χ2v) is 7.29. The van der Waals surface area contributed by atoms with Gasteiger partial charge in [0.25, 0.3) is 5.56 Å². The topological polar surface area (TPSA) is 56.5 Å². The van der Waals surface area contributed by atoms with Crippen LogP contribution in [0.4, 0.5) is 0 Å². The fourth-order valence-electron chi connectivity index (χ4n) is 2.80. The molecule has 136 valence electrons.